The smallest absolute Gasteiger partial charge is 0.257 e. The Balaban J connectivity index is 1.51. The van der Waals surface area contributed by atoms with E-state index in [0.717, 1.165) is 73.3 Å². The molecule has 0 spiro atoms. The summed E-state index contributed by atoms with van der Waals surface area (Å²) in [5, 5.41) is 9.58. The summed E-state index contributed by atoms with van der Waals surface area (Å²) in [6, 6.07) is 11.7. The van der Waals surface area contributed by atoms with E-state index in [1.807, 2.05) is 43.3 Å². The molecule has 34 heavy (non-hydrogen) atoms. The minimum atomic E-state index is -0.147. The monoisotopic (exact) mass is 460 g/mol. The molecule has 4 rings (SSSR count). The van der Waals surface area contributed by atoms with Gasteiger partial charge in [-0.2, -0.15) is 0 Å². The summed E-state index contributed by atoms with van der Waals surface area (Å²) >= 11 is 0. The van der Waals surface area contributed by atoms with Crippen molar-refractivity contribution in [3.8, 4) is 0 Å². The summed E-state index contributed by atoms with van der Waals surface area (Å²) in [4.78, 5) is 30.0. The van der Waals surface area contributed by atoms with Crippen LogP contribution in [-0.2, 0) is 0 Å². The van der Waals surface area contributed by atoms with E-state index in [-0.39, 0.29) is 11.7 Å². The van der Waals surface area contributed by atoms with E-state index in [4.69, 9.17) is 0 Å². The Hall–Kier alpha value is -3.15. The third-order valence-electron chi connectivity index (χ3n) is 6.55. The molecule has 1 saturated carbocycles. The molecule has 6 heteroatoms. The van der Waals surface area contributed by atoms with E-state index in [9.17, 15) is 9.59 Å². The van der Waals surface area contributed by atoms with Crippen LogP contribution in [0.1, 0.15) is 90.1 Å². The Kier molecular flexibility index (Phi) is 7.66. The van der Waals surface area contributed by atoms with Crippen molar-refractivity contribution in [2.24, 2.45) is 10.9 Å². The minimum absolute atomic E-state index is 0.147. The summed E-state index contributed by atoms with van der Waals surface area (Å²) in [5.74, 6) is 1.68. The van der Waals surface area contributed by atoms with Crippen molar-refractivity contribution in [2.45, 2.75) is 65.2 Å². The number of benzene rings is 2. The summed E-state index contributed by atoms with van der Waals surface area (Å²) in [6.45, 7) is 7.95. The molecule has 1 aliphatic carbocycles. The van der Waals surface area contributed by atoms with Gasteiger partial charge in [0.2, 0.25) is 0 Å². The van der Waals surface area contributed by atoms with Crippen LogP contribution >= 0.6 is 0 Å². The van der Waals surface area contributed by atoms with Crippen LogP contribution in [0.5, 0.6) is 0 Å². The lowest BCUT2D eigenvalue weighted by Crippen LogP contribution is -2.43. The van der Waals surface area contributed by atoms with Crippen LogP contribution < -0.4 is 16.0 Å². The number of carbonyl (C=O) groups excluding carboxylic acids is 2. The number of ketones is 1. The van der Waals surface area contributed by atoms with Crippen LogP contribution in [0.2, 0.25) is 0 Å². The van der Waals surface area contributed by atoms with E-state index in [2.05, 4.69) is 34.8 Å². The van der Waals surface area contributed by atoms with E-state index in [0.29, 0.717) is 29.8 Å². The summed E-state index contributed by atoms with van der Waals surface area (Å²) in [6.07, 6.45) is 5.81. The molecule has 0 radical (unpaired) electrons. The number of anilines is 2. The molecule has 180 valence electrons. The number of rotatable bonds is 9. The van der Waals surface area contributed by atoms with Crippen molar-refractivity contribution in [3.63, 3.8) is 0 Å². The molecular weight excluding hydrogens is 424 g/mol. The molecule has 1 heterocycles. The number of nitrogens with zero attached hydrogens (tertiary/aromatic N) is 1. The highest BCUT2D eigenvalue weighted by Gasteiger charge is 2.27. The third-order valence-corrected chi connectivity index (χ3v) is 6.55. The van der Waals surface area contributed by atoms with Gasteiger partial charge in [0.15, 0.2) is 11.7 Å². The zero-order chi connectivity index (χ0) is 24.1. The third kappa shape index (κ3) is 6.04. The SMILES string of the molecule is Cc1c(Nc2ccc(C(=O)NC3=NCCCN3)cc2C2CC2)cccc1C(=O)CCCC(C)C. The highest BCUT2D eigenvalue weighted by Crippen LogP contribution is 2.44. The largest absolute Gasteiger partial charge is 0.356 e. The Morgan fingerprint density at radius 1 is 1.15 bits per heavy atom. The first kappa shape index (κ1) is 24.0. The standard InChI is InChI=1S/C28H36N4O2/c1-18(2)7-4-10-26(33)22-8-5-9-24(19(22)3)31-25-14-13-21(17-23(25)20-11-12-20)27(34)32-28-29-15-6-16-30-28/h5,8-9,13-14,17-18,20,31H,4,6-7,10-12,15-16H2,1-3H3,(H2,29,30,32,34). The fourth-order valence-electron chi connectivity index (χ4n) is 4.37. The highest BCUT2D eigenvalue weighted by molar-refractivity contribution is 6.06. The van der Waals surface area contributed by atoms with Gasteiger partial charge in [0, 0.05) is 42.0 Å². The molecular formula is C28H36N4O2. The quantitative estimate of drug-likeness (QED) is 0.419. The number of carbonyl (C=O) groups is 2. The van der Waals surface area contributed by atoms with Crippen LogP contribution in [0.15, 0.2) is 41.4 Å². The molecule has 0 saturated heterocycles. The fraction of sp³-hybridized carbons (Fsp3) is 0.464. The Bertz CT molecular complexity index is 1090. The Labute approximate surface area is 202 Å². The zero-order valence-electron chi connectivity index (χ0n) is 20.5. The Morgan fingerprint density at radius 3 is 2.68 bits per heavy atom. The first-order valence-corrected chi connectivity index (χ1v) is 12.6. The first-order chi connectivity index (χ1) is 16.4. The number of Topliss-reactive ketones (excluding diaryl/α,β-unsaturated/α-hetero) is 1. The van der Waals surface area contributed by atoms with E-state index < -0.39 is 0 Å². The molecule has 1 aliphatic heterocycles. The maximum absolute atomic E-state index is 12.8. The molecule has 1 amide bonds. The maximum atomic E-state index is 12.8. The van der Waals surface area contributed by atoms with Gasteiger partial charge in [-0.25, -0.2) is 0 Å². The summed E-state index contributed by atoms with van der Waals surface area (Å²) in [5.41, 5.74) is 5.49. The number of nitrogens with one attached hydrogen (secondary N) is 3. The molecule has 0 unspecified atom stereocenters. The zero-order valence-corrected chi connectivity index (χ0v) is 20.5. The fourth-order valence-corrected chi connectivity index (χ4v) is 4.37. The van der Waals surface area contributed by atoms with Gasteiger partial charge < -0.3 is 10.6 Å². The van der Waals surface area contributed by atoms with Crippen molar-refractivity contribution in [1.29, 1.82) is 0 Å². The van der Waals surface area contributed by atoms with Gasteiger partial charge >= 0.3 is 0 Å². The van der Waals surface area contributed by atoms with Crippen LogP contribution in [0.25, 0.3) is 0 Å². The van der Waals surface area contributed by atoms with Crippen LogP contribution in [0.3, 0.4) is 0 Å². The molecule has 2 aromatic rings. The van der Waals surface area contributed by atoms with E-state index in [1.165, 1.54) is 0 Å². The normalized spacial score (nSPS) is 15.5. The number of aliphatic imine (C=N–C) groups is 1. The molecule has 0 aromatic heterocycles. The lowest BCUT2D eigenvalue weighted by Gasteiger charge is -2.18. The van der Waals surface area contributed by atoms with Crippen LogP contribution in [-0.4, -0.2) is 30.7 Å². The van der Waals surface area contributed by atoms with Gasteiger partial charge in [0.25, 0.3) is 5.91 Å². The maximum Gasteiger partial charge on any atom is 0.257 e. The number of amides is 1. The van der Waals surface area contributed by atoms with Gasteiger partial charge in [-0.1, -0.05) is 32.4 Å². The lowest BCUT2D eigenvalue weighted by atomic mass is 9.97. The highest BCUT2D eigenvalue weighted by atomic mass is 16.2. The van der Waals surface area contributed by atoms with Crippen molar-refractivity contribution >= 4 is 29.0 Å². The first-order valence-electron chi connectivity index (χ1n) is 12.6. The second-order valence-electron chi connectivity index (χ2n) is 9.85. The second kappa shape index (κ2) is 10.9. The summed E-state index contributed by atoms with van der Waals surface area (Å²) < 4.78 is 0. The van der Waals surface area contributed by atoms with Gasteiger partial charge in [0.05, 0.1) is 0 Å². The van der Waals surface area contributed by atoms with Crippen molar-refractivity contribution in [1.82, 2.24) is 10.6 Å². The van der Waals surface area contributed by atoms with Gasteiger partial charge in [-0.05, 0) is 79.8 Å². The minimum Gasteiger partial charge on any atom is -0.356 e. The summed E-state index contributed by atoms with van der Waals surface area (Å²) in [7, 11) is 0. The number of hydrogen-bond donors (Lipinski definition) is 3. The predicted molar refractivity (Wildman–Crippen MR) is 138 cm³/mol. The van der Waals surface area contributed by atoms with Crippen LogP contribution in [0, 0.1) is 12.8 Å². The average molecular weight is 461 g/mol. The van der Waals surface area contributed by atoms with E-state index in [1.54, 1.807) is 0 Å². The Morgan fingerprint density at radius 2 is 1.97 bits per heavy atom. The van der Waals surface area contributed by atoms with Gasteiger partial charge in [-0.3, -0.25) is 19.9 Å². The lowest BCUT2D eigenvalue weighted by molar-refractivity contribution is 0.0968. The predicted octanol–water partition coefficient (Wildman–Crippen LogP) is 5.70. The molecule has 6 nitrogen and oxygen atoms in total. The molecule has 0 atom stereocenters. The van der Waals surface area contributed by atoms with E-state index >= 15 is 0 Å². The average Bonchev–Trinajstić information content (AvgIpc) is 3.66. The van der Waals surface area contributed by atoms with Crippen molar-refractivity contribution < 1.29 is 9.59 Å². The molecule has 2 aliphatic rings. The number of guanidine groups is 1. The number of hydrogen-bond acceptors (Lipinski definition) is 5. The van der Waals surface area contributed by atoms with Crippen molar-refractivity contribution in [3.05, 3.63) is 58.7 Å². The van der Waals surface area contributed by atoms with Crippen molar-refractivity contribution in [2.75, 3.05) is 18.4 Å². The molecule has 2 aromatic carbocycles. The topological polar surface area (TPSA) is 82.6 Å². The molecule has 0 bridgehead atoms. The molecule has 1 fully saturated rings. The van der Waals surface area contributed by atoms with Gasteiger partial charge in [-0.15, -0.1) is 0 Å². The molecule has 3 N–H and O–H groups in total. The van der Waals surface area contributed by atoms with Crippen LogP contribution in [0.4, 0.5) is 11.4 Å². The van der Waals surface area contributed by atoms with Gasteiger partial charge in [0.1, 0.15) is 0 Å². The second-order valence-corrected chi connectivity index (χ2v) is 9.85.